The van der Waals surface area contributed by atoms with E-state index in [1.54, 1.807) is 24.3 Å². The molecule has 1 atom stereocenters. The van der Waals surface area contributed by atoms with Gasteiger partial charge in [-0.25, -0.2) is 0 Å². The number of anilines is 1. The van der Waals surface area contributed by atoms with Gasteiger partial charge in [0.1, 0.15) is 0 Å². The summed E-state index contributed by atoms with van der Waals surface area (Å²) >= 11 is 0. The molecule has 0 radical (unpaired) electrons. The number of hydrogen-bond acceptors (Lipinski definition) is 4. The Morgan fingerprint density at radius 3 is 2.50 bits per heavy atom. The van der Waals surface area contributed by atoms with E-state index in [2.05, 4.69) is 10.6 Å². The molecular weight excluding hydrogens is 260 g/mol. The van der Waals surface area contributed by atoms with Gasteiger partial charge >= 0.3 is 0 Å². The molecule has 110 valence electrons. The van der Waals surface area contributed by atoms with E-state index >= 15 is 0 Å². The first-order valence-corrected chi connectivity index (χ1v) is 6.31. The molecule has 0 aromatic heterocycles. The Hall–Kier alpha value is -1.92. The van der Waals surface area contributed by atoms with E-state index in [0.29, 0.717) is 5.69 Å². The molecule has 0 saturated heterocycles. The zero-order chi connectivity index (χ0) is 15.0. The average molecular weight is 280 g/mol. The second-order valence-electron chi connectivity index (χ2n) is 4.47. The van der Waals surface area contributed by atoms with Crippen LogP contribution in [0.3, 0.4) is 0 Å². The summed E-state index contributed by atoms with van der Waals surface area (Å²) < 4.78 is 4.76. The summed E-state index contributed by atoms with van der Waals surface area (Å²) in [5, 5.41) is 14.7. The Morgan fingerprint density at radius 2 is 1.95 bits per heavy atom. The first-order chi connectivity index (χ1) is 9.51. The van der Waals surface area contributed by atoms with E-state index in [0.717, 1.165) is 5.56 Å². The largest absolute Gasteiger partial charge is 0.389 e. The molecule has 0 spiro atoms. The number of nitrogens with one attached hydrogen (secondary N) is 2. The summed E-state index contributed by atoms with van der Waals surface area (Å²) in [6, 6.07) is 7.03. The normalized spacial score (nSPS) is 11.8. The van der Waals surface area contributed by atoms with Crippen LogP contribution in [0.1, 0.15) is 12.5 Å². The van der Waals surface area contributed by atoms with Crippen LogP contribution in [0.25, 0.3) is 0 Å². The number of methoxy groups -OCH3 is 1. The molecule has 1 aromatic rings. The van der Waals surface area contributed by atoms with Crippen molar-refractivity contribution in [2.75, 3.05) is 25.6 Å². The molecule has 20 heavy (non-hydrogen) atoms. The van der Waals surface area contributed by atoms with Gasteiger partial charge in [-0.15, -0.1) is 0 Å². The summed E-state index contributed by atoms with van der Waals surface area (Å²) in [6.07, 6.45) is -0.480. The maximum Gasteiger partial charge on any atom is 0.224 e. The van der Waals surface area contributed by atoms with E-state index in [9.17, 15) is 14.7 Å². The van der Waals surface area contributed by atoms with Crippen molar-refractivity contribution < 1.29 is 19.4 Å². The third-order valence-corrected chi connectivity index (χ3v) is 2.53. The highest BCUT2D eigenvalue weighted by atomic mass is 16.5. The Kier molecular flexibility index (Phi) is 6.69. The van der Waals surface area contributed by atoms with E-state index < -0.39 is 6.10 Å². The second-order valence-corrected chi connectivity index (χ2v) is 4.47. The fourth-order valence-corrected chi connectivity index (χ4v) is 1.64. The summed E-state index contributed by atoms with van der Waals surface area (Å²) in [5.41, 5.74) is 1.52. The number of aliphatic hydroxyl groups is 1. The number of amides is 2. The quantitative estimate of drug-likeness (QED) is 0.671. The maximum absolute atomic E-state index is 11.7. The molecule has 0 aliphatic rings. The van der Waals surface area contributed by atoms with Gasteiger partial charge in [0.15, 0.2) is 0 Å². The van der Waals surface area contributed by atoms with Crippen LogP contribution >= 0.6 is 0 Å². The van der Waals surface area contributed by atoms with Crippen molar-refractivity contribution in [2.45, 2.75) is 19.4 Å². The van der Waals surface area contributed by atoms with E-state index in [-0.39, 0.29) is 31.4 Å². The first-order valence-electron chi connectivity index (χ1n) is 6.31. The molecule has 3 N–H and O–H groups in total. The molecule has 0 bridgehead atoms. The molecule has 0 heterocycles. The molecule has 1 rings (SSSR count). The zero-order valence-corrected chi connectivity index (χ0v) is 11.7. The predicted molar refractivity (Wildman–Crippen MR) is 75.3 cm³/mol. The lowest BCUT2D eigenvalue weighted by Crippen LogP contribution is -2.35. The van der Waals surface area contributed by atoms with Crippen molar-refractivity contribution in [3.8, 4) is 0 Å². The molecule has 6 nitrogen and oxygen atoms in total. The molecule has 6 heteroatoms. The highest BCUT2D eigenvalue weighted by Gasteiger charge is 2.07. The monoisotopic (exact) mass is 280 g/mol. The number of ether oxygens (including phenoxy) is 1. The van der Waals surface area contributed by atoms with Gasteiger partial charge < -0.3 is 20.5 Å². The number of hydrogen-bond donors (Lipinski definition) is 3. The molecular formula is C14H20N2O4. The van der Waals surface area contributed by atoms with Gasteiger partial charge in [-0.3, -0.25) is 9.59 Å². The topological polar surface area (TPSA) is 87.7 Å². The van der Waals surface area contributed by atoms with Crippen LogP contribution < -0.4 is 10.6 Å². The molecule has 2 amide bonds. The number of carbonyl (C=O) groups excluding carboxylic acids is 2. The second kappa shape index (κ2) is 8.29. The van der Waals surface area contributed by atoms with Crippen molar-refractivity contribution in [1.29, 1.82) is 0 Å². The van der Waals surface area contributed by atoms with Crippen LogP contribution in [0, 0.1) is 0 Å². The molecule has 0 aliphatic carbocycles. The Labute approximate surface area is 118 Å². The smallest absolute Gasteiger partial charge is 0.224 e. The van der Waals surface area contributed by atoms with Crippen molar-refractivity contribution in [2.24, 2.45) is 0 Å². The molecule has 1 unspecified atom stereocenters. The van der Waals surface area contributed by atoms with E-state index in [4.69, 9.17) is 4.74 Å². The molecule has 1 aromatic carbocycles. The lowest BCUT2D eigenvalue weighted by atomic mass is 10.1. The highest BCUT2D eigenvalue weighted by molar-refractivity contribution is 5.88. The molecule has 0 fully saturated rings. The van der Waals surface area contributed by atoms with Gasteiger partial charge in [0.25, 0.3) is 0 Å². The third kappa shape index (κ3) is 6.31. The van der Waals surface area contributed by atoms with Gasteiger partial charge in [-0.05, 0) is 17.7 Å². The van der Waals surface area contributed by atoms with Crippen molar-refractivity contribution in [3.05, 3.63) is 29.8 Å². The third-order valence-electron chi connectivity index (χ3n) is 2.53. The predicted octanol–water partition coefficient (Wildman–Crippen LogP) is 0.311. The number of aliphatic hydroxyl groups excluding tert-OH is 1. The fraction of sp³-hybridized carbons (Fsp3) is 0.429. The Balaban J connectivity index is 2.40. The van der Waals surface area contributed by atoms with Gasteiger partial charge in [0, 0.05) is 26.3 Å². The SMILES string of the molecule is COCC(O)CNC(=O)Cc1ccc(NC(C)=O)cc1. The van der Waals surface area contributed by atoms with Crippen LogP contribution in [0.15, 0.2) is 24.3 Å². The van der Waals surface area contributed by atoms with Crippen LogP contribution in [0.2, 0.25) is 0 Å². The standard InChI is InChI=1S/C14H20N2O4/c1-10(17)16-12-5-3-11(4-6-12)7-14(19)15-8-13(18)9-20-2/h3-6,13,18H,7-9H2,1-2H3,(H,15,19)(H,16,17). The van der Waals surface area contributed by atoms with Crippen LogP contribution in [-0.4, -0.2) is 43.3 Å². The first kappa shape index (κ1) is 16.1. The van der Waals surface area contributed by atoms with Gasteiger partial charge in [0.2, 0.25) is 11.8 Å². The number of rotatable bonds is 7. The van der Waals surface area contributed by atoms with Gasteiger partial charge in [-0.2, -0.15) is 0 Å². The Morgan fingerprint density at radius 1 is 1.30 bits per heavy atom. The lowest BCUT2D eigenvalue weighted by molar-refractivity contribution is -0.121. The van der Waals surface area contributed by atoms with E-state index in [1.165, 1.54) is 14.0 Å². The van der Waals surface area contributed by atoms with E-state index in [1.807, 2.05) is 0 Å². The van der Waals surface area contributed by atoms with Crippen LogP contribution in [0.4, 0.5) is 5.69 Å². The highest BCUT2D eigenvalue weighted by Crippen LogP contribution is 2.09. The minimum Gasteiger partial charge on any atom is -0.389 e. The fourth-order valence-electron chi connectivity index (χ4n) is 1.64. The summed E-state index contributed by atoms with van der Waals surface area (Å²) in [5.74, 6) is -0.310. The van der Waals surface area contributed by atoms with Crippen molar-refractivity contribution in [3.63, 3.8) is 0 Å². The van der Waals surface area contributed by atoms with Gasteiger partial charge in [-0.1, -0.05) is 12.1 Å². The van der Waals surface area contributed by atoms with Crippen LogP contribution in [0.5, 0.6) is 0 Å². The van der Waals surface area contributed by atoms with Crippen molar-refractivity contribution in [1.82, 2.24) is 5.32 Å². The summed E-state index contributed by atoms with van der Waals surface area (Å²) in [6.45, 7) is 1.79. The van der Waals surface area contributed by atoms with Gasteiger partial charge in [0.05, 0.1) is 19.1 Å². The number of carbonyl (C=O) groups is 2. The summed E-state index contributed by atoms with van der Waals surface area (Å²) in [7, 11) is 1.49. The number of benzene rings is 1. The lowest BCUT2D eigenvalue weighted by Gasteiger charge is -2.11. The Bertz CT molecular complexity index is 445. The minimum absolute atomic E-state index is 0.136. The zero-order valence-electron chi connectivity index (χ0n) is 11.7. The minimum atomic E-state index is -0.703. The van der Waals surface area contributed by atoms with Crippen molar-refractivity contribution >= 4 is 17.5 Å². The maximum atomic E-state index is 11.7. The molecule has 0 saturated carbocycles. The summed E-state index contributed by atoms with van der Waals surface area (Å²) in [4.78, 5) is 22.5. The van der Waals surface area contributed by atoms with Crippen LogP contribution in [-0.2, 0) is 20.7 Å². The molecule has 0 aliphatic heterocycles. The average Bonchev–Trinajstić information content (AvgIpc) is 2.38.